The van der Waals surface area contributed by atoms with Gasteiger partial charge in [-0.3, -0.25) is 4.79 Å². The van der Waals surface area contributed by atoms with Crippen LogP contribution in [0.4, 0.5) is 0 Å². The standard InChI is InChI=1S/C10H18O3S/c1-3-7-14(12,13)8-6-10(4-5-10)9(2)11/h3-8H2,1-2H3. The number of hydrogen-bond acceptors (Lipinski definition) is 3. The fraction of sp³-hybridized carbons (Fsp3) is 0.900. The van der Waals surface area contributed by atoms with Crippen LogP contribution >= 0.6 is 0 Å². The Balaban J connectivity index is 2.45. The molecule has 3 nitrogen and oxygen atoms in total. The van der Waals surface area contributed by atoms with Crippen molar-refractivity contribution in [2.24, 2.45) is 5.41 Å². The summed E-state index contributed by atoms with van der Waals surface area (Å²) in [5, 5.41) is 0. The molecule has 0 spiro atoms. The van der Waals surface area contributed by atoms with Gasteiger partial charge in [0.25, 0.3) is 0 Å². The van der Waals surface area contributed by atoms with E-state index in [1.807, 2.05) is 6.92 Å². The smallest absolute Gasteiger partial charge is 0.150 e. The third-order valence-corrected chi connectivity index (χ3v) is 4.86. The molecule has 1 rings (SSSR count). The minimum atomic E-state index is -2.91. The summed E-state index contributed by atoms with van der Waals surface area (Å²) in [4.78, 5) is 11.2. The van der Waals surface area contributed by atoms with Gasteiger partial charge in [0.05, 0.1) is 5.75 Å². The molecule has 82 valence electrons. The fourth-order valence-electron chi connectivity index (χ4n) is 1.69. The lowest BCUT2D eigenvalue weighted by atomic mass is 9.99. The zero-order valence-electron chi connectivity index (χ0n) is 8.88. The Labute approximate surface area is 85.8 Å². The van der Waals surface area contributed by atoms with Crippen molar-refractivity contribution >= 4 is 15.6 Å². The topological polar surface area (TPSA) is 51.2 Å². The van der Waals surface area contributed by atoms with Crippen LogP contribution in [0.5, 0.6) is 0 Å². The lowest BCUT2D eigenvalue weighted by molar-refractivity contribution is -0.122. The summed E-state index contributed by atoms with van der Waals surface area (Å²) >= 11 is 0. The normalized spacial score (nSPS) is 19.3. The van der Waals surface area contributed by atoms with E-state index in [1.54, 1.807) is 6.92 Å². The average Bonchev–Trinajstić information content (AvgIpc) is 2.81. The molecule has 1 aliphatic carbocycles. The number of carbonyl (C=O) groups is 1. The van der Waals surface area contributed by atoms with E-state index in [0.29, 0.717) is 12.8 Å². The first-order valence-electron chi connectivity index (χ1n) is 5.13. The maximum atomic E-state index is 11.4. The average molecular weight is 218 g/mol. The van der Waals surface area contributed by atoms with Gasteiger partial charge in [-0.1, -0.05) is 6.92 Å². The number of sulfone groups is 1. The van der Waals surface area contributed by atoms with Gasteiger partial charge in [0.15, 0.2) is 0 Å². The number of carbonyl (C=O) groups excluding carboxylic acids is 1. The minimum Gasteiger partial charge on any atom is -0.299 e. The summed E-state index contributed by atoms with van der Waals surface area (Å²) in [7, 11) is -2.91. The van der Waals surface area contributed by atoms with Crippen LogP contribution in [0.25, 0.3) is 0 Å². The van der Waals surface area contributed by atoms with Crippen LogP contribution < -0.4 is 0 Å². The third-order valence-electron chi connectivity index (χ3n) is 3.01. The second-order valence-corrected chi connectivity index (χ2v) is 6.54. The van der Waals surface area contributed by atoms with E-state index in [2.05, 4.69) is 0 Å². The van der Waals surface area contributed by atoms with E-state index < -0.39 is 9.84 Å². The van der Waals surface area contributed by atoms with Crippen molar-refractivity contribution in [1.82, 2.24) is 0 Å². The van der Waals surface area contributed by atoms with Gasteiger partial charge < -0.3 is 0 Å². The van der Waals surface area contributed by atoms with Crippen molar-refractivity contribution in [3.05, 3.63) is 0 Å². The van der Waals surface area contributed by atoms with Crippen LogP contribution in [0.1, 0.15) is 39.5 Å². The van der Waals surface area contributed by atoms with Crippen LogP contribution in [0, 0.1) is 5.41 Å². The molecule has 14 heavy (non-hydrogen) atoms. The Morgan fingerprint density at radius 3 is 2.21 bits per heavy atom. The maximum absolute atomic E-state index is 11.4. The highest BCUT2D eigenvalue weighted by Crippen LogP contribution is 2.49. The Bertz CT molecular complexity index is 312. The molecular formula is C10H18O3S. The quantitative estimate of drug-likeness (QED) is 0.680. The van der Waals surface area contributed by atoms with E-state index in [-0.39, 0.29) is 22.7 Å². The number of Topliss-reactive ketones (excluding diaryl/α,β-unsaturated/α-hetero) is 1. The van der Waals surface area contributed by atoms with E-state index in [4.69, 9.17) is 0 Å². The molecule has 0 aromatic rings. The first kappa shape index (κ1) is 11.7. The van der Waals surface area contributed by atoms with E-state index in [9.17, 15) is 13.2 Å². The molecule has 0 bridgehead atoms. The van der Waals surface area contributed by atoms with Crippen molar-refractivity contribution in [3.63, 3.8) is 0 Å². The van der Waals surface area contributed by atoms with Crippen LogP contribution in [-0.2, 0) is 14.6 Å². The highest BCUT2D eigenvalue weighted by molar-refractivity contribution is 7.91. The predicted octanol–water partition coefficient (Wildman–Crippen LogP) is 1.57. The molecule has 0 N–H and O–H groups in total. The van der Waals surface area contributed by atoms with Gasteiger partial charge in [-0.2, -0.15) is 0 Å². The minimum absolute atomic E-state index is 0.157. The van der Waals surface area contributed by atoms with Gasteiger partial charge in [-0.05, 0) is 32.6 Å². The lowest BCUT2D eigenvalue weighted by Crippen LogP contribution is -2.19. The number of ketones is 1. The molecule has 0 saturated heterocycles. The molecular weight excluding hydrogens is 200 g/mol. The van der Waals surface area contributed by atoms with Gasteiger partial charge in [-0.15, -0.1) is 0 Å². The molecule has 0 aromatic carbocycles. The first-order valence-corrected chi connectivity index (χ1v) is 6.95. The van der Waals surface area contributed by atoms with E-state index in [0.717, 1.165) is 12.8 Å². The zero-order valence-corrected chi connectivity index (χ0v) is 9.69. The molecule has 0 aromatic heterocycles. The zero-order chi connectivity index (χ0) is 10.8. The second kappa shape index (κ2) is 4.01. The van der Waals surface area contributed by atoms with Gasteiger partial charge >= 0.3 is 0 Å². The van der Waals surface area contributed by atoms with Crippen molar-refractivity contribution in [2.75, 3.05) is 11.5 Å². The Kier molecular flexibility index (Phi) is 3.35. The number of hydrogen-bond donors (Lipinski definition) is 0. The molecule has 1 saturated carbocycles. The van der Waals surface area contributed by atoms with Gasteiger partial charge in [-0.25, -0.2) is 8.42 Å². The Morgan fingerprint density at radius 1 is 1.29 bits per heavy atom. The van der Waals surface area contributed by atoms with Crippen LogP contribution in [0.2, 0.25) is 0 Å². The van der Waals surface area contributed by atoms with Crippen LogP contribution in [-0.4, -0.2) is 25.7 Å². The summed E-state index contributed by atoms with van der Waals surface area (Å²) in [6.07, 6.45) is 2.95. The molecule has 0 unspecified atom stereocenters. The SMILES string of the molecule is CCCS(=O)(=O)CCC1(C(C)=O)CC1. The van der Waals surface area contributed by atoms with Crippen molar-refractivity contribution < 1.29 is 13.2 Å². The molecule has 1 fully saturated rings. The lowest BCUT2D eigenvalue weighted by Gasteiger charge is -2.10. The second-order valence-electron chi connectivity index (χ2n) is 4.24. The van der Waals surface area contributed by atoms with Gasteiger partial charge in [0, 0.05) is 11.2 Å². The van der Waals surface area contributed by atoms with Gasteiger partial charge in [0.1, 0.15) is 15.6 Å². The highest BCUT2D eigenvalue weighted by Gasteiger charge is 2.47. The van der Waals surface area contributed by atoms with Crippen LogP contribution in [0.15, 0.2) is 0 Å². The molecule has 4 heteroatoms. The van der Waals surface area contributed by atoms with Crippen LogP contribution in [0.3, 0.4) is 0 Å². The maximum Gasteiger partial charge on any atom is 0.150 e. The van der Waals surface area contributed by atoms with Crippen molar-refractivity contribution in [3.8, 4) is 0 Å². The number of rotatable bonds is 6. The molecule has 0 heterocycles. The van der Waals surface area contributed by atoms with E-state index >= 15 is 0 Å². The fourth-order valence-corrected chi connectivity index (χ4v) is 3.22. The first-order chi connectivity index (χ1) is 6.42. The highest BCUT2D eigenvalue weighted by atomic mass is 32.2. The molecule has 0 atom stereocenters. The molecule has 0 radical (unpaired) electrons. The summed E-state index contributed by atoms with van der Waals surface area (Å²) < 4.78 is 22.8. The molecule has 0 aliphatic heterocycles. The summed E-state index contributed by atoms with van der Waals surface area (Å²) in [6, 6.07) is 0. The van der Waals surface area contributed by atoms with Crippen molar-refractivity contribution in [1.29, 1.82) is 0 Å². The third kappa shape index (κ3) is 2.80. The largest absolute Gasteiger partial charge is 0.299 e. The van der Waals surface area contributed by atoms with E-state index in [1.165, 1.54) is 0 Å². The summed E-state index contributed by atoms with van der Waals surface area (Å²) in [5.74, 6) is 0.589. The molecule has 1 aliphatic rings. The van der Waals surface area contributed by atoms with Gasteiger partial charge in [0.2, 0.25) is 0 Å². The Morgan fingerprint density at radius 2 is 1.86 bits per heavy atom. The predicted molar refractivity (Wildman–Crippen MR) is 55.9 cm³/mol. The summed E-state index contributed by atoms with van der Waals surface area (Å²) in [6.45, 7) is 3.43. The summed E-state index contributed by atoms with van der Waals surface area (Å²) in [5.41, 5.74) is -0.263. The Hall–Kier alpha value is -0.380. The molecule has 0 amide bonds. The van der Waals surface area contributed by atoms with Crippen molar-refractivity contribution in [2.45, 2.75) is 39.5 Å². The monoisotopic (exact) mass is 218 g/mol.